The summed E-state index contributed by atoms with van der Waals surface area (Å²) in [6.45, 7) is 4.68. The molecule has 1 N–H and O–H groups in total. The van der Waals surface area contributed by atoms with Crippen LogP contribution in [0, 0.1) is 0 Å². The van der Waals surface area contributed by atoms with Crippen LogP contribution in [-0.4, -0.2) is 80.6 Å². The molecule has 0 aromatic heterocycles. The molecule has 2 atom stereocenters. The second kappa shape index (κ2) is 31.3. The molecule has 0 spiro atoms. The number of carboxylic acids is 1. The van der Waals surface area contributed by atoms with Crippen molar-refractivity contribution >= 4 is 17.9 Å². The van der Waals surface area contributed by atoms with Crippen molar-refractivity contribution in [1.82, 2.24) is 0 Å². The van der Waals surface area contributed by atoms with Crippen LogP contribution >= 0.6 is 0 Å². The first-order valence-electron chi connectivity index (χ1n) is 19.2. The molecular formula is C39H74NO7+. The van der Waals surface area contributed by atoms with E-state index in [-0.39, 0.29) is 36.2 Å². The maximum atomic E-state index is 12.6. The smallest absolute Gasteiger partial charge is 0.362 e. The molecule has 0 amide bonds. The van der Waals surface area contributed by atoms with Gasteiger partial charge >= 0.3 is 17.9 Å². The summed E-state index contributed by atoms with van der Waals surface area (Å²) in [7, 11) is 5.51. The minimum absolute atomic E-state index is 0.0522. The number of carboxylic acid groups (broad SMARTS) is 1. The Hall–Kier alpha value is -1.93. The Labute approximate surface area is 289 Å². The molecule has 0 aliphatic rings. The third-order valence-corrected chi connectivity index (χ3v) is 8.66. The molecule has 0 saturated heterocycles. The van der Waals surface area contributed by atoms with E-state index in [1.54, 1.807) is 0 Å². The topological polar surface area (TPSA) is 99.1 Å². The number of rotatable bonds is 34. The van der Waals surface area contributed by atoms with Crippen molar-refractivity contribution in [3.63, 3.8) is 0 Å². The number of carbonyl (C=O) groups excluding carboxylic acids is 2. The van der Waals surface area contributed by atoms with E-state index in [1.807, 2.05) is 21.1 Å². The van der Waals surface area contributed by atoms with E-state index in [1.165, 1.54) is 77.0 Å². The molecule has 276 valence electrons. The van der Waals surface area contributed by atoms with Gasteiger partial charge in [-0.25, -0.2) is 4.79 Å². The summed E-state index contributed by atoms with van der Waals surface area (Å²) in [6.07, 6.45) is 29.6. The number of allylic oxidation sites excluding steroid dienone is 2. The van der Waals surface area contributed by atoms with Crippen molar-refractivity contribution < 1.29 is 38.2 Å². The zero-order chi connectivity index (χ0) is 35.0. The van der Waals surface area contributed by atoms with Gasteiger partial charge in [0.15, 0.2) is 12.1 Å². The molecule has 8 heteroatoms. The third-order valence-electron chi connectivity index (χ3n) is 8.66. The minimum Gasteiger partial charge on any atom is -0.477 e. The fraction of sp³-hybridized carbons (Fsp3) is 0.872. The lowest BCUT2D eigenvalue weighted by Crippen LogP contribution is -2.50. The van der Waals surface area contributed by atoms with Gasteiger partial charge in [-0.3, -0.25) is 9.59 Å². The number of esters is 2. The third kappa shape index (κ3) is 29.9. The number of likely N-dealkylation sites (N-methyl/N-ethyl adjacent to an activating group) is 1. The van der Waals surface area contributed by atoms with Crippen LogP contribution in [0.5, 0.6) is 0 Å². The van der Waals surface area contributed by atoms with Gasteiger partial charge in [-0.1, -0.05) is 129 Å². The monoisotopic (exact) mass is 669 g/mol. The van der Waals surface area contributed by atoms with Crippen LogP contribution in [0.2, 0.25) is 0 Å². The molecule has 0 aromatic rings. The fourth-order valence-electron chi connectivity index (χ4n) is 5.60. The number of aliphatic carboxylic acids is 1. The highest BCUT2D eigenvalue weighted by Gasteiger charge is 2.31. The molecule has 0 fully saturated rings. The summed E-state index contributed by atoms with van der Waals surface area (Å²) in [6, 6.07) is -0.610. The molecule has 0 saturated carbocycles. The molecule has 47 heavy (non-hydrogen) atoms. The van der Waals surface area contributed by atoms with Gasteiger partial charge in [0.25, 0.3) is 0 Å². The molecule has 8 nitrogen and oxygen atoms in total. The SMILES string of the molecule is CCCC/C=C/CCCCCCC(=O)OCC(COCCC(C(=O)O)[N+](C)(C)C)OC(=O)CCCCCCCCCCCCCCC. The summed E-state index contributed by atoms with van der Waals surface area (Å²) in [5.41, 5.74) is 0. The zero-order valence-electron chi connectivity index (χ0n) is 31.2. The zero-order valence-corrected chi connectivity index (χ0v) is 31.2. The van der Waals surface area contributed by atoms with E-state index in [0.717, 1.165) is 57.8 Å². The van der Waals surface area contributed by atoms with E-state index in [0.29, 0.717) is 19.3 Å². The number of ether oxygens (including phenoxy) is 3. The summed E-state index contributed by atoms with van der Waals surface area (Å²) in [4.78, 5) is 36.7. The first kappa shape index (κ1) is 45.1. The quantitative estimate of drug-likeness (QED) is 0.0315. The van der Waals surface area contributed by atoms with E-state index in [9.17, 15) is 19.5 Å². The van der Waals surface area contributed by atoms with Crippen molar-refractivity contribution in [2.24, 2.45) is 0 Å². The van der Waals surface area contributed by atoms with E-state index < -0.39 is 18.1 Å². The van der Waals surface area contributed by atoms with E-state index in [4.69, 9.17) is 14.2 Å². The Morgan fingerprint density at radius 1 is 0.617 bits per heavy atom. The Bertz CT molecular complexity index is 793. The van der Waals surface area contributed by atoms with Crippen molar-refractivity contribution in [2.45, 2.75) is 180 Å². The van der Waals surface area contributed by atoms with Gasteiger partial charge in [-0.15, -0.1) is 0 Å². The van der Waals surface area contributed by atoms with Crippen molar-refractivity contribution in [1.29, 1.82) is 0 Å². The molecule has 2 unspecified atom stereocenters. The van der Waals surface area contributed by atoms with E-state index in [2.05, 4.69) is 26.0 Å². The average molecular weight is 669 g/mol. The van der Waals surface area contributed by atoms with Gasteiger partial charge in [-0.05, 0) is 32.1 Å². The Morgan fingerprint density at radius 2 is 1.09 bits per heavy atom. The van der Waals surface area contributed by atoms with Crippen LogP contribution < -0.4 is 0 Å². The highest BCUT2D eigenvalue weighted by atomic mass is 16.6. The maximum absolute atomic E-state index is 12.6. The Balaban J connectivity index is 4.41. The number of unbranched alkanes of at least 4 members (excludes halogenated alkanes) is 18. The lowest BCUT2D eigenvalue weighted by atomic mass is 10.0. The number of carbonyl (C=O) groups is 3. The van der Waals surface area contributed by atoms with E-state index >= 15 is 0 Å². The first-order chi connectivity index (χ1) is 22.6. The van der Waals surface area contributed by atoms with Crippen LogP contribution in [0.15, 0.2) is 12.2 Å². The molecule has 0 aromatic carbocycles. The summed E-state index contributed by atoms with van der Waals surface area (Å²) in [5.74, 6) is -1.48. The Kier molecular flexibility index (Phi) is 30.1. The number of hydrogen-bond donors (Lipinski definition) is 1. The van der Waals surface area contributed by atoms with Gasteiger partial charge in [0.1, 0.15) is 6.61 Å². The maximum Gasteiger partial charge on any atom is 0.362 e. The predicted octanol–water partition coefficient (Wildman–Crippen LogP) is 9.58. The predicted molar refractivity (Wildman–Crippen MR) is 192 cm³/mol. The standard InChI is InChI=1S/C39H73NO7/c1-6-8-10-12-14-16-18-19-20-22-24-26-28-30-38(42)47-35(33-45-32-31-36(39(43)44)40(3,4)5)34-46-37(41)29-27-25-23-21-17-15-13-11-9-7-2/h13,15,35-36H,6-12,14,16-34H2,1-5H3/p+1/b15-13+. The molecule has 0 bridgehead atoms. The van der Waals surface area contributed by atoms with Crippen LogP contribution in [0.4, 0.5) is 0 Å². The molecule has 0 aliphatic heterocycles. The average Bonchev–Trinajstić information content (AvgIpc) is 3.01. The molecule has 0 aliphatic carbocycles. The summed E-state index contributed by atoms with van der Waals surface area (Å²) >= 11 is 0. The number of quaternary nitrogens is 1. The highest BCUT2D eigenvalue weighted by Crippen LogP contribution is 2.14. The summed E-state index contributed by atoms with van der Waals surface area (Å²) in [5, 5.41) is 9.57. The molecule has 0 heterocycles. The molecular weight excluding hydrogens is 594 g/mol. The van der Waals surface area contributed by atoms with Gasteiger partial charge < -0.3 is 23.8 Å². The Morgan fingerprint density at radius 3 is 1.60 bits per heavy atom. The van der Waals surface area contributed by atoms with Crippen molar-refractivity contribution in [3.8, 4) is 0 Å². The largest absolute Gasteiger partial charge is 0.477 e. The van der Waals surface area contributed by atoms with Crippen LogP contribution in [-0.2, 0) is 28.6 Å². The second-order valence-electron chi connectivity index (χ2n) is 14.2. The van der Waals surface area contributed by atoms with Gasteiger partial charge in [0.05, 0.1) is 34.4 Å². The second-order valence-corrected chi connectivity index (χ2v) is 14.2. The van der Waals surface area contributed by atoms with Gasteiger partial charge in [0, 0.05) is 19.3 Å². The normalized spacial score (nSPS) is 13.1. The molecule has 0 radical (unpaired) electrons. The van der Waals surface area contributed by atoms with Gasteiger partial charge in [-0.2, -0.15) is 0 Å². The number of hydrogen-bond acceptors (Lipinski definition) is 6. The lowest BCUT2D eigenvalue weighted by Gasteiger charge is -2.31. The van der Waals surface area contributed by atoms with Crippen LogP contribution in [0.25, 0.3) is 0 Å². The van der Waals surface area contributed by atoms with Gasteiger partial charge in [0.2, 0.25) is 0 Å². The van der Waals surface area contributed by atoms with Crippen LogP contribution in [0.1, 0.15) is 168 Å². The summed E-state index contributed by atoms with van der Waals surface area (Å²) < 4.78 is 17.2. The molecule has 0 rings (SSSR count). The highest BCUT2D eigenvalue weighted by molar-refractivity contribution is 5.72. The van der Waals surface area contributed by atoms with Crippen molar-refractivity contribution in [2.75, 3.05) is 41.0 Å². The lowest BCUT2D eigenvalue weighted by molar-refractivity contribution is -0.887. The minimum atomic E-state index is -0.876. The number of nitrogens with zero attached hydrogens (tertiary/aromatic N) is 1. The van der Waals surface area contributed by atoms with Crippen LogP contribution in [0.3, 0.4) is 0 Å². The fourth-order valence-corrected chi connectivity index (χ4v) is 5.60. The van der Waals surface area contributed by atoms with Crippen molar-refractivity contribution in [3.05, 3.63) is 12.2 Å². The first-order valence-corrected chi connectivity index (χ1v) is 19.2.